The van der Waals surface area contributed by atoms with E-state index in [4.69, 9.17) is 10.1 Å². The third-order valence-electron chi connectivity index (χ3n) is 4.98. The predicted octanol–water partition coefficient (Wildman–Crippen LogP) is 4.32. The summed E-state index contributed by atoms with van der Waals surface area (Å²) >= 11 is 1.47. The van der Waals surface area contributed by atoms with Crippen LogP contribution >= 0.6 is 11.3 Å². The fraction of sp³-hybridized carbons (Fsp3) is 0.368. The number of rotatable bonds is 4. The first kappa shape index (κ1) is 16.1. The Hall–Kier alpha value is -2.34. The van der Waals surface area contributed by atoms with E-state index in [9.17, 15) is 5.11 Å². The average molecular weight is 355 g/mol. The zero-order valence-electron chi connectivity index (χ0n) is 14.2. The topological polar surface area (TPSA) is 69.4 Å². The molecule has 25 heavy (non-hydrogen) atoms. The van der Waals surface area contributed by atoms with Crippen LogP contribution in [0.5, 0.6) is 5.75 Å². The normalized spacial score (nSPS) is 18.4. The Bertz CT molecular complexity index is 837. The summed E-state index contributed by atoms with van der Waals surface area (Å²) in [6, 6.07) is 8.14. The Morgan fingerprint density at radius 1 is 1.32 bits per heavy atom. The van der Waals surface area contributed by atoms with E-state index in [1.165, 1.54) is 24.2 Å². The molecule has 1 fully saturated rings. The zero-order valence-corrected chi connectivity index (χ0v) is 15.0. The van der Waals surface area contributed by atoms with Crippen LogP contribution in [0.15, 0.2) is 35.4 Å². The van der Waals surface area contributed by atoms with Crippen molar-refractivity contribution < 1.29 is 9.84 Å². The highest BCUT2D eigenvalue weighted by molar-refractivity contribution is 7.11. The number of amidine groups is 1. The smallest absolute Gasteiger partial charge is 0.135 e. The lowest BCUT2D eigenvalue weighted by molar-refractivity contribution is 0.296. The summed E-state index contributed by atoms with van der Waals surface area (Å²) in [5, 5.41) is 21.7. The molecule has 2 N–H and O–H groups in total. The molecular formula is C19H21N3O2S. The Morgan fingerprint density at radius 3 is 2.88 bits per heavy atom. The minimum Gasteiger partial charge on any atom is -0.510 e. The first-order valence-electron chi connectivity index (χ1n) is 8.55. The molecule has 0 radical (unpaired) electrons. The maximum absolute atomic E-state index is 10.4. The van der Waals surface area contributed by atoms with Gasteiger partial charge in [-0.3, -0.25) is 5.41 Å². The first-order valence-corrected chi connectivity index (χ1v) is 9.43. The van der Waals surface area contributed by atoms with Crippen molar-refractivity contribution >= 4 is 22.7 Å². The summed E-state index contributed by atoms with van der Waals surface area (Å²) in [6.07, 6.45) is 4.63. The number of hydrogen-bond donors (Lipinski definition) is 2. The van der Waals surface area contributed by atoms with Gasteiger partial charge in [0.05, 0.1) is 24.9 Å². The van der Waals surface area contributed by atoms with E-state index < -0.39 is 0 Å². The molecule has 0 atom stereocenters. The van der Waals surface area contributed by atoms with Crippen molar-refractivity contribution in [2.75, 3.05) is 13.7 Å². The molecule has 130 valence electrons. The van der Waals surface area contributed by atoms with Gasteiger partial charge in [0.1, 0.15) is 22.4 Å². The SMILES string of the molecule is COc1cccc(-c2csc(C3=C(O)CN(C4CCCC4)C3=N)n2)c1. The molecule has 2 heterocycles. The Balaban J connectivity index is 1.61. The molecule has 1 aromatic carbocycles. The van der Waals surface area contributed by atoms with Gasteiger partial charge in [-0.05, 0) is 25.0 Å². The quantitative estimate of drug-likeness (QED) is 0.857. The van der Waals surface area contributed by atoms with Gasteiger partial charge in [0.15, 0.2) is 0 Å². The largest absolute Gasteiger partial charge is 0.510 e. The number of thiazole rings is 1. The number of methoxy groups -OCH3 is 1. The van der Waals surface area contributed by atoms with Gasteiger partial charge in [-0.15, -0.1) is 11.3 Å². The van der Waals surface area contributed by atoms with Crippen LogP contribution in [-0.4, -0.2) is 40.5 Å². The van der Waals surface area contributed by atoms with Crippen LogP contribution in [-0.2, 0) is 0 Å². The average Bonchev–Trinajstić information content (AvgIpc) is 3.35. The lowest BCUT2D eigenvalue weighted by Crippen LogP contribution is -2.35. The highest BCUT2D eigenvalue weighted by atomic mass is 32.1. The lowest BCUT2D eigenvalue weighted by atomic mass is 10.1. The maximum Gasteiger partial charge on any atom is 0.135 e. The molecule has 2 aliphatic rings. The van der Waals surface area contributed by atoms with E-state index in [1.54, 1.807) is 7.11 Å². The van der Waals surface area contributed by atoms with E-state index >= 15 is 0 Å². The van der Waals surface area contributed by atoms with Crippen LogP contribution in [0.4, 0.5) is 0 Å². The number of nitrogens with one attached hydrogen (secondary N) is 1. The Kier molecular flexibility index (Phi) is 4.21. The number of nitrogens with zero attached hydrogens (tertiary/aromatic N) is 2. The molecule has 0 amide bonds. The van der Waals surface area contributed by atoms with Crippen molar-refractivity contribution in [3.05, 3.63) is 40.4 Å². The van der Waals surface area contributed by atoms with E-state index in [-0.39, 0.29) is 5.76 Å². The van der Waals surface area contributed by atoms with Crippen molar-refractivity contribution in [3.63, 3.8) is 0 Å². The maximum atomic E-state index is 10.4. The van der Waals surface area contributed by atoms with Crippen LogP contribution in [0.1, 0.15) is 30.7 Å². The molecule has 0 bridgehead atoms. The molecule has 0 spiro atoms. The van der Waals surface area contributed by atoms with Crippen molar-refractivity contribution in [2.24, 2.45) is 0 Å². The predicted molar refractivity (Wildman–Crippen MR) is 100 cm³/mol. The summed E-state index contributed by atoms with van der Waals surface area (Å²) in [4.78, 5) is 6.71. The van der Waals surface area contributed by atoms with Gasteiger partial charge in [0.25, 0.3) is 0 Å². The van der Waals surface area contributed by atoms with Gasteiger partial charge in [-0.1, -0.05) is 25.0 Å². The second-order valence-corrected chi connectivity index (χ2v) is 7.36. The van der Waals surface area contributed by atoms with Crippen molar-refractivity contribution in [1.82, 2.24) is 9.88 Å². The van der Waals surface area contributed by atoms with Crippen LogP contribution in [0.25, 0.3) is 16.8 Å². The minimum absolute atomic E-state index is 0.267. The number of benzene rings is 1. The summed E-state index contributed by atoms with van der Waals surface area (Å²) in [5.74, 6) is 1.47. The number of ether oxygens (including phenoxy) is 1. The Morgan fingerprint density at radius 2 is 2.12 bits per heavy atom. The first-order chi connectivity index (χ1) is 12.2. The number of hydrogen-bond acceptors (Lipinski definition) is 5. The molecule has 0 unspecified atom stereocenters. The Labute approximate surface area is 151 Å². The minimum atomic E-state index is 0.267. The van der Waals surface area contributed by atoms with Gasteiger partial charge in [-0.2, -0.15) is 0 Å². The van der Waals surface area contributed by atoms with E-state index in [0.29, 0.717) is 29.0 Å². The van der Waals surface area contributed by atoms with Crippen LogP contribution in [0.2, 0.25) is 0 Å². The van der Waals surface area contributed by atoms with Crippen molar-refractivity contribution in [1.29, 1.82) is 5.41 Å². The van der Waals surface area contributed by atoms with Gasteiger partial charge in [0.2, 0.25) is 0 Å². The van der Waals surface area contributed by atoms with Crippen molar-refractivity contribution in [2.45, 2.75) is 31.7 Å². The molecule has 2 aromatic rings. The molecule has 1 aromatic heterocycles. The highest BCUT2D eigenvalue weighted by Gasteiger charge is 2.35. The molecule has 4 rings (SSSR count). The zero-order chi connectivity index (χ0) is 17.4. The summed E-state index contributed by atoms with van der Waals surface area (Å²) in [7, 11) is 1.64. The molecular weight excluding hydrogens is 334 g/mol. The fourth-order valence-electron chi connectivity index (χ4n) is 3.66. The molecule has 6 heteroatoms. The van der Waals surface area contributed by atoms with E-state index in [2.05, 4.69) is 4.98 Å². The van der Waals surface area contributed by atoms with E-state index in [0.717, 1.165) is 29.8 Å². The third-order valence-corrected chi connectivity index (χ3v) is 5.84. The second-order valence-electron chi connectivity index (χ2n) is 6.51. The van der Waals surface area contributed by atoms with Crippen LogP contribution in [0.3, 0.4) is 0 Å². The molecule has 0 saturated heterocycles. The fourth-order valence-corrected chi connectivity index (χ4v) is 4.55. The number of aliphatic hydroxyl groups excluding tert-OH is 1. The summed E-state index contributed by atoms with van der Waals surface area (Å²) < 4.78 is 5.27. The molecule has 5 nitrogen and oxygen atoms in total. The molecule has 1 aliphatic heterocycles. The van der Waals surface area contributed by atoms with Crippen LogP contribution in [0, 0.1) is 5.41 Å². The monoisotopic (exact) mass is 355 g/mol. The summed E-state index contributed by atoms with van der Waals surface area (Å²) in [5.41, 5.74) is 2.40. The highest BCUT2D eigenvalue weighted by Crippen LogP contribution is 2.36. The van der Waals surface area contributed by atoms with Gasteiger partial charge in [-0.25, -0.2) is 4.98 Å². The van der Waals surface area contributed by atoms with Gasteiger partial charge < -0.3 is 14.7 Å². The molecule has 1 aliphatic carbocycles. The standard InChI is InChI=1S/C19H21N3O2S/c1-24-14-8-4-5-12(9-14)15-11-25-19(21-15)17-16(23)10-22(18(17)20)13-6-2-3-7-13/h4-5,8-9,11,13,20,23H,2-3,6-7,10H2,1H3. The lowest BCUT2D eigenvalue weighted by Gasteiger charge is -2.25. The van der Waals surface area contributed by atoms with E-state index in [1.807, 2.05) is 34.5 Å². The van der Waals surface area contributed by atoms with Crippen LogP contribution < -0.4 is 4.74 Å². The second kappa shape index (κ2) is 6.52. The van der Waals surface area contributed by atoms with Gasteiger partial charge in [0, 0.05) is 17.0 Å². The number of aliphatic hydroxyl groups is 1. The summed E-state index contributed by atoms with van der Waals surface area (Å²) in [6.45, 7) is 0.437. The van der Waals surface area contributed by atoms with Crippen molar-refractivity contribution in [3.8, 4) is 17.0 Å². The third kappa shape index (κ3) is 2.91. The molecule has 1 saturated carbocycles. The number of aromatic nitrogens is 1. The van der Waals surface area contributed by atoms with Gasteiger partial charge >= 0.3 is 0 Å².